The summed E-state index contributed by atoms with van der Waals surface area (Å²) in [5.74, 6) is 2.18. The van der Waals surface area contributed by atoms with Gasteiger partial charge in [-0.25, -0.2) is 0 Å². The number of hydrogen-bond acceptors (Lipinski definition) is 2. The van der Waals surface area contributed by atoms with E-state index in [-0.39, 0.29) is 0 Å². The predicted octanol–water partition coefficient (Wildman–Crippen LogP) is 3.58. The van der Waals surface area contributed by atoms with Crippen LogP contribution in [0, 0.1) is 5.92 Å². The van der Waals surface area contributed by atoms with Gasteiger partial charge in [0.05, 0.1) is 11.9 Å². The fraction of sp³-hybridized carbons (Fsp3) is 0.867. The van der Waals surface area contributed by atoms with Crippen LogP contribution < -0.4 is 0 Å². The van der Waals surface area contributed by atoms with Crippen LogP contribution in [0.3, 0.4) is 0 Å². The standard InChI is InChI=1S/C15H27NO/c1-12-4-8-14(9-5-12)17-15-10-6-13(7-11-15)16(2)3/h10,12-14H,4-9,11H2,1-3H3/t12?,13-,14?/m1/s1. The monoisotopic (exact) mass is 237 g/mol. The number of nitrogens with zero attached hydrogens (tertiary/aromatic N) is 1. The predicted molar refractivity (Wildman–Crippen MR) is 71.9 cm³/mol. The average Bonchev–Trinajstić information content (AvgIpc) is 2.33. The Balaban J connectivity index is 1.77. The van der Waals surface area contributed by atoms with Crippen molar-refractivity contribution in [3.8, 4) is 0 Å². The summed E-state index contributed by atoms with van der Waals surface area (Å²) in [6.07, 6.45) is 11.6. The maximum absolute atomic E-state index is 6.15. The van der Waals surface area contributed by atoms with E-state index >= 15 is 0 Å². The van der Waals surface area contributed by atoms with E-state index in [2.05, 4.69) is 32.0 Å². The third-order valence-electron chi connectivity index (χ3n) is 4.35. The molecule has 98 valence electrons. The minimum absolute atomic E-state index is 0.508. The van der Waals surface area contributed by atoms with Crippen molar-refractivity contribution in [1.82, 2.24) is 4.90 Å². The van der Waals surface area contributed by atoms with E-state index in [1.54, 1.807) is 0 Å². The molecule has 0 aromatic carbocycles. The fourth-order valence-electron chi connectivity index (χ4n) is 2.93. The molecule has 0 unspecified atom stereocenters. The van der Waals surface area contributed by atoms with E-state index in [9.17, 15) is 0 Å². The molecule has 1 saturated carbocycles. The van der Waals surface area contributed by atoms with Crippen molar-refractivity contribution < 1.29 is 4.74 Å². The van der Waals surface area contributed by atoms with Crippen LogP contribution in [-0.2, 0) is 4.74 Å². The van der Waals surface area contributed by atoms with E-state index in [0.29, 0.717) is 12.1 Å². The molecule has 2 nitrogen and oxygen atoms in total. The van der Waals surface area contributed by atoms with E-state index < -0.39 is 0 Å². The van der Waals surface area contributed by atoms with Crippen LogP contribution in [0.15, 0.2) is 11.8 Å². The Morgan fingerprint density at radius 2 is 1.82 bits per heavy atom. The molecule has 2 aliphatic rings. The van der Waals surface area contributed by atoms with Gasteiger partial charge in [-0.15, -0.1) is 0 Å². The molecule has 1 atom stereocenters. The second kappa shape index (κ2) is 5.90. The van der Waals surface area contributed by atoms with Gasteiger partial charge in [0.15, 0.2) is 0 Å². The smallest absolute Gasteiger partial charge is 0.0982 e. The molecular weight excluding hydrogens is 210 g/mol. The van der Waals surface area contributed by atoms with Crippen molar-refractivity contribution in [2.75, 3.05) is 14.1 Å². The van der Waals surface area contributed by atoms with Gasteiger partial charge in [-0.05, 0) is 64.6 Å². The Morgan fingerprint density at radius 3 is 2.35 bits per heavy atom. The van der Waals surface area contributed by atoms with Crippen molar-refractivity contribution in [1.29, 1.82) is 0 Å². The second-order valence-corrected chi connectivity index (χ2v) is 6.06. The molecule has 1 fully saturated rings. The summed E-state index contributed by atoms with van der Waals surface area (Å²) >= 11 is 0. The molecule has 0 amide bonds. The zero-order chi connectivity index (χ0) is 12.3. The zero-order valence-corrected chi connectivity index (χ0v) is 11.6. The van der Waals surface area contributed by atoms with Gasteiger partial charge >= 0.3 is 0 Å². The van der Waals surface area contributed by atoms with E-state index in [0.717, 1.165) is 18.8 Å². The largest absolute Gasteiger partial charge is 0.495 e. The molecule has 2 rings (SSSR count). The van der Waals surface area contributed by atoms with Crippen LogP contribution in [0.1, 0.15) is 51.9 Å². The van der Waals surface area contributed by atoms with Crippen LogP contribution >= 0.6 is 0 Å². The maximum Gasteiger partial charge on any atom is 0.0982 e. The molecule has 0 aromatic heterocycles. The summed E-state index contributed by atoms with van der Waals surface area (Å²) in [5, 5.41) is 0. The lowest BCUT2D eigenvalue weighted by molar-refractivity contribution is 0.0588. The van der Waals surface area contributed by atoms with E-state index in [4.69, 9.17) is 4.74 Å². The van der Waals surface area contributed by atoms with Gasteiger partial charge in [-0.3, -0.25) is 0 Å². The lowest BCUT2D eigenvalue weighted by atomic mass is 9.89. The van der Waals surface area contributed by atoms with Crippen molar-refractivity contribution in [3.05, 3.63) is 11.8 Å². The van der Waals surface area contributed by atoms with Gasteiger partial charge in [0.1, 0.15) is 0 Å². The lowest BCUT2D eigenvalue weighted by Crippen LogP contribution is -2.30. The van der Waals surface area contributed by atoms with E-state index in [1.165, 1.54) is 37.9 Å². The first kappa shape index (κ1) is 12.9. The minimum atomic E-state index is 0.508. The van der Waals surface area contributed by atoms with Crippen LogP contribution in [-0.4, -0.2) is 31.1 Å². The summed E-state index contributed by atoms with van der Waals surface area (Å²) in [7, 11) is 4.35. The van der Waals surface area contributed by atoms with Crippen molar-refractivity contribution in [2.24, 2.45) is 5.92 Å². The van der Waals surface area contributed by atoms with Gasteiger partial charge in [0, 0.05) is 12.5 Å². The zero-order valence-electron chi connectivity index (χ0n) is 11.6. The molecule has 0 bridgehead atoms. The first-order valence-corrected chi connectivity index (χ1v) is 7.17. The Bertz CT molecular complexity index is 264. The SMILES string of the molecule is CC1CCC(OC2=CC[C@@H](N(C)C)CC2)CC1. The van der Waals surface area contributed by atoms with Crippen LogP contribution in [0.25, 0.3) is 0 Å². The molecule has 0 aliphatic heterocycles. The summed E-state index contributed by atoms with van der Waals surface area (Å²) in [6.45, 7) is 2.36. The molecular formula is C15H27NO. The topological polar surface area (TPSA) is 12.5 Å². The van der Waals surface area contributed by atoms with Gasteiger partial charge in [-0.2, -0.15) is 0 Å². The molecule has 17 heavy (non-hydrogen) atoms. The van der Waals surface area contributed by atoms with Crippen molar-refractivity contribution >= 4 is 0 Å². The summed E-state index contributed by atoms with van der Waals surface area (Å²) in [6, 6.07) is 0.716. The Kier molecular flexibility index (Phi) is 4.49. The third kappa shape index (κ3) is 3.74. The highest BCUT2D eigenvalue weighted by molar-refractivity contribution is 5.02. The van der Waals surface area contributed by atoms with Gasteiger partial charge in [0.2, 0.25) is 0 Å². The molecule has 2 heteroatoms. The molecule has 0 aromatic rings. The lowest BCUT2D eigenvalue weighted by Gasteiger charge is -2.31. The Hall–Kier alpha value is -0.500. The second-order valence-electron chi connectivity index (χ2n) is 6.06. The van der Waals surface area contributed by atoms with Crippen molar-refractivity contribution in [3.63, 3.8) is 0 Å². The van der Waals surface area contributed by atoms with E-state index in [1.807, 2.05) is 0 Å². The van der Waals surface area contributed by atoms with Gasteiger partial charge < -0.3 is 9.64 Å². The van der Waals surface area contributed by atoms with Crippen molar-refractivity contribution in [2.45, 2.75) is 64.0 Å². The number of allylic oxidation sites excluding steroid dienone is 1. The third-order valence-corrected chi connectivity index (χ3v) is 4.35. The molecule has 0 spiro atoms. The molecule has 0 N–H and O–H groups in total. The quantitative estimate of drug-likeness (QED) is 0.744. The Morgan fingerprint density at radius 1 is 1.12 bits per heavy atom. The highest BCUT2D eigenvalue weighted by atomic mass is 16.5. The van der Waals surface area contributed by atoms with Gasteiger partial charge in [0.25, 0.3) is 0 Å². The highest BCUT2D eigenvalue weighted by Crippen LogP contribution is 2.30. The fourth-order valence-corrected chi connectivity index (χ4v) is 2.93. The highest BCUT2D eigenvalue weighted by Gasteiger charge is 2.22. The van der Waals surface area contributed by atoms with Crippen LogP contribution in [0.4, 0.5) is 0 Å². The summed E-state index contributed by atoms with van der Waals surface area (Å²) < 4.78 is 6.15. The Labute approximate surface area is 106 Å². The minimum Gasteiger partial charge on any atom is -0.495 e. The first-order chi connectivity index (χ1) is 8.15. The van der Waals surface area contributed by atoms with Crippen LogP contribution in [0.2, 0.25) is 0 Å². The number of hydrogen-bond donors (Lipinski definition) is 0. The summed E-state index contributed by atoms with van der Waals surface area (Å²) in [5.41, 5.74) is 0. The molecule has 2 aliphatic carbocycles. The molecule has 0 radical (unpaired) electrons. The number of ether oxygens (including phenoxy) is 1. The number of rotatable bonds is 3. The maximum atomic E-state index is 6.15. The summed E-state index contributed by atoms with van der Waals surface area (Å²) in [4.78, 5) is 2.33. The molecule has 0 heterocycles. The molecule has 0 saturated heterocycles. The normalized spacial score (nSPS) is 34.6. The van der Waals surface area contributed by atoms with Gasteiger partial charge in [-0.1, -0.05) is 6.92 Å². The first-order valence-electron chi connectivity index (χ1n) is 7.17. The average molecular weight is 237 g/mol. The van der Waals surface area contributed by atoms with Crippen LogP contribution in [0.5, 0.6) is 0 Å².